The number of hydrogen-bond donors (Lipinski definition) is 1. The molecule has 0 bridgehead atoms. The van der Waals surface area contributed by atoms with Crippen molar-refractivity contribution in [3.05, 3.63) is 44.8 Å². The largest absolute Gasteiger partial charge is 0.460 e. The molecule has 0 spiro atoms. The number of carbonyl (C=O) groups excluding carboxylic acids is 1. The smallest absolute Gasteiger partial charge is 0.349 e. The molecule has 38 heavy (non-hydrogen) atoms. The number of nitrogens with zero attached hydrogens (tertiary/aromatic N) is 1. The van der Waals surface area contributed by atoms with Crippen molar-refractivity contribution in [2.24, 2.45) is 0 Å². The molecule has 0 atom stereocenters. The Bertz CT molecular complexity index is 999. The molecular weight excluding hydrogens is 546 g/mol. The van der Waals surface area contributed by atoms with Crippen molar-refractivity contribution in [2.75, 3.05) is 39.7 Å². The molecule has 0 unspecified atom stereocenters. The Hall–Kier alpha value is -1.34. The second kappa shape index (κ2) is 15.4. The minimum atomic E-state index is -3.33. The highest BCUT2D eigenvalue weighted by Crippen LogP contribution is 2.38. The number of aliphatic hydroxyl groups is 1. The Kier molecular flexibility index (Phi) is 12.7. The summed E-state index contributed by atoms with van der Waals surface area (Å²) in [5.41, 5.74) is -1.75. The summed E-state index contributed by atoms with van der Waals surface area (Å²) >= 11 is 2.71. The topological polar surface area (TPSA) is 102 Å². The summed E-state index contributed by atoms with van der Waals surface area (Å²) in [6, 6.07) is 7.68. The molecule has 1 saturated carbocycles. The van der Waals surface area contributed by atoms with Crippen molar-refractivity contribution in [1.82, 2.24) is 4.90 Å². The number of thiophene rings is 2. The van der Waals surface area contributed by atoms with Crippen LogP contribution in [0, 0.1) is 0 Å². The SMILES string of the molecule is CN(CCCOCCCCCCOS(C)(=O)=O)[C@H]1CC[C@H](OC(=O)C(O)(c2cccs2)c2cccs2)CC1. The summed E-state index contributed by atoms with van der Waals surface area (Å²) in [6.45, 7) is 2.65. The first-order valence-corrected chi connectivity index (χ1v) is 16.9. The highest BCUT2D eigenvalue weighted by atomic mass is 32.2. The van der Waals surface area contributed by atoms with E-state index in [9.17, 15) is 18.3 Å². The van der Waals surface area contributed by atoms with Crippen LogP contribution >= 0.6 is 22.7 Å². The second-order valence-corrected chi connectivity index (χ2v) is 13.4. The normalized spacial score (nSPS) is 18.6. The Morgan fingerprint density at radius 2 is 1.55 bits per heavy atom. The lowest BCUT2D eigenvalue weighted by atomic mass is 9.91. The van der Waals surface area contributed by atoms with E-state index in [0.717, 1.165) is 83.8 Å². The van der Waals surface area contributed by atoms with Gasteiger partial charge in [-0.1, -0.05) is 25.0 Å². The van der Waals surface area contributed by atoms with Gasteiger partial charge in [0, 0.05) is 25.8 Å². The van der Waals surface area contributed by atoms with Crippen LogP contribution in [-0.2, 0) is 34.2 Å². The van der Waals surface area contributed by atoms with Crippen LogP contribution in [0.5, 0.6) is 0 Å². The predicted molar refractivity (Wildman–Crippen MR) is 151 cm³/mol. The van der Waals surface area contributed by atoms with Crippen LogP contribution in [-0.4, -0.2) is 76.2 Å². The zero-order valence-electron chi connectivity index (χ0n) is 22.4. The van der Waals surface area contributed by atoms with E-state index in [2.05, 4.69) is 11.9 Å². The van der Waals surface area contributed by atoms with E-state index in [1.165, 1.54) is 22.7 Å². The Labute approximate surface area is 235 Å². The summed E-state index contributed by atoms with van der Waals surface area (Å²) in [5.74, 6) is -0.585. The maximum Gasteiger partial charge on any atom is 0.349 e. The van der Waals surface area contributed by atoms with Gasteiger partial charge in [0.05, 0.1) is 22.6 Å². The molecule has 3 rings (SSSR count). The number of esters is 1. The van der Waals surface area contributed by atoms with Crippen LogP contribution in [0.3, 0.4) is 0 Å². The minimum absolute atomic E-state index is 0.181. The van der Waals surface area contributed by atoms with Crippen molar-refractivity contribution in [3.8, 4) is 0 Å². The molecule has 1 N–H and O–H groups in total. The van der Waals surface area contributed by atoms with Crippen molar-refractivity contribution in [1.29, 1.82) is 0 Å². The Balaban J connectivity index is 1.28. The van der Waals surface area contributed by atoms with Crippen LogP contribution in [0.2, 0.25) is 0 Å². The van der Waals surface area contributed by atoms with Gasteiger partial charge in [0.1, 0.15) is 6.10 Å². The monoisotopic (exact) mass is 587 g/mol. The molecule has 0 saturated heterocycles. The molecular formula is C27H41NO7S3. The van der Waals surface area contributed by atoms with Gasteiger partial charge in [0.15, 0.2) is 0 Å². The molecule has 2 heterocycles. The molecule has 1 aliphatic rings. The van der Waals surface area contributed by atoms with Crippen molar-refractivity contribution < 1.29 is 32.0 Å². The fraction of sp³-hybridized carbons (Fsp3) is 0.667. The summed E-state index contributed by atoms with van der Waals surface area (Å²) < 4.78 is 38.2. The summed E-state index contributed by atoms with van der Waals surface area (Å²) in [6.07, 6.45) is 8.97. The molecule has 0 aliphatic heterocycles. The lowest BCUT2D eigenvalue weighted by molar-refractivity contribution is -0.169. The average molecular weight is 588 g/mol. The third kappa shape index (κ3) is 9.69. The molecule has 0 aromatic carbocycles. The maximum atomic E-state index is 13.2. The van der Waals surface area contributed by atoms with Crippen LogP contribution in [0.15, 0.2) is 35.0 Å². The fourth-order valence-corrected chi connectivity index (χ4v) is 6.84. The molecule has 2 aromatic rings. The van der Waals surface area contributed by atoms with Gasteiger partial charge in [0.2, 0.25) is 5.60 Å². The van der Waals surface area contributed by atoms with Crippen LogP contribution in [0.4, 0.5) is 0 Å². The van der Waals surface area contributed by atoms with Gasteiger partial charge in [-0.15, -0.1) is 22.7 Å². The molecule has 0 radical (unpaired) electrons. The zero-order chi connectivity index (χ0) is 27.4. The third-order valence-corrected chi connectivity index (χ3v) is 9.42. The van der Waals surface area contributed by atoms with Crippen LogP contribution < -0.4 is 0 Å². The minimum Gasteiger partial charge on any atom is -0.460 e. The lowest BCUT2D eigenvalue weighted by Crippen LogP contribution is -2.42. The molecule has 1 fully saturated rings. The molecule has 214 valence electrons. The Morgan fingerprint density at radius 1 is 0.974 bits per heavy atom. The molecule has 0 amide bonds. The number of rotatable bonds is 17. The van der Waals surface area contributed by atoms with E-state index in [4.69, 9.17) is 13.7 Å². The van der Waals surface area contributed by atoms with Gasteiger partial charge in [0.25, 0.3) is 10.1 Å². The third-order valence-electron chi connectivity index (χ3n) is 6.87. The van der Waals surface area contributed by atoms with Crippen molar-refractivity contribution in [2.45, 2.75) is 75.5 Å². The van der Waals surface area contributed by atoms with Crippen LogP contribution in [0.25, 0.3) is 0 Å². The highest BCUT2D eigenvalue weighted by Gasteiger charge is 2.45. The van der Waals surface area contributed by atoms with Crippen LogP contribution in [0.1, 0.15) is 67.5 Å². The van der Waals surface area contributed by atoms with E-state index in [1.807, 2.05) is 22.9 Å². The molecule has 11 heteroatoms. The first kappa shape index (κ1) is 31.2. The van der Waals surface area contributed by atoms with E-state index < -0.39 is 21.7 Å². The molecule has 8 nitrogen and oxygen atoms in total. The number of hydrogen-bond acceptors (Lipinski definition) is 10. The van der Waals surface area contributed by atoms with Gasteiger partial charge in [-0.3, -0.25) is 4.18 Å². The number of ether oxygens (including phenoxy) is 2. The standard InChI is InChI=1S/C27H41NO7S3/c1-28(16-9-18-33-17-5-3-4-6-19-34-38(2,31)32)22-12-14-23(15-13-22)35-26(29)27(30,24-10-7-20-36-24)25-11-8-21-37-25/h7-8,10-11,20-23,30H,3-6,9,12-19H2,1-2H3/t22-,23-. The number of carbonyl (C=O) groups is 1. The predicted octanol–water partition coefficient (Wildman–Crippen LogP) is 4.78. The van der Waals surface area contributed by atoms with Gasteiger partial charge in [-0.25, -0.2) is 4.79 Å². The summed E-state index contributed by atoms with van der Waals surface area (Å²) in [5, 5.41) is 15.1. The quantitative estimate of drug-likeness (QED) is 0.160. The lowest BCUT2D eigenvalue weighted by Gasteiger charge is -2.35. The van der Waals surface area contributed by atoms with Crippen molar-refractivity contribution >= 4 is 38.8 Å². The van der Waals surface area contributed by atoms with Gasteiger partial charge >= 0.3 is 5.97 Å². The molecule has 2 aromatic heterocycles. The van der Waals surface area contributed by atoms with Gasteiger partial charge in [-0.05, 0) is 74.9 Å². The average Bonchev–Trinajstić information content (AvgIpc) is 3.62. The first-order chi connectivity index (χ1) is 18.2. The maximum absolute atomic E-state index is 13.2. The van der Waals surface area contributed by atoms with E-state index in [-0.39, 0.29) is 12.7 Å². The van der Waals surface area contributed by atoms with Gasteiger partial charge in [-0.2, -0.15) is 8.42 Å². The fourth-order valence-electron chi connectivity index (χ4n) is 4.70. The van der Waals surface area contributed by atoms with E-state index in [1.54, 1.807) is 12.1 Å². The zero-order valence-corrected chi connectivity index (χ0v) is 24.8. The summed E-state index contributed by atoms with van der Waals surface area (Å²) in [7, 11) is -1.19. The first-order valence-electron chi connectivity index (χ1n) is 13.3. The van der Waals surface area contributed by atoms with Gasteiger partial charge < -0.3 is 19.5 Å². The van der Waals surface area contributed by atoms with E-state index in [0.29, 0.717) is 15.8 Å². The Morgan fingerprint density at radius 3 is 2.11 bits per heavy atom. The van der Waals surface area contributed by atoms with E-state index >= 15 is 0 Å². The number of unbranched alkanes of at least 4 members (excludes halogenated alkanes) is 3. The highest BCUT2D eigenvalue weighted by molar-refractivity contribution is 7.85. The molecule has 1 aliphatic carbocycles. The van der Waals surface area contributed by atoms with Crippen molar-refractivity contribution in [3.63, 3.8) is 0 Å². The summed E-state index contributed by atoms with van der Waals surface area (Å²) in [4.78, 5) is 16.7. The second-order valence-electron chi connectivity index (χ2n) is 9.89.